The monoisotopic (exact) mass is 219 g/mol. The summed E-state index contributed by atoms with van der Waals surface area (Å²) in [6.45, 7) is 6.76. The summed E-state index contributed by atoms with van der Waals surface area (Å²) in [5, 5.41) is 3.27. The molecule has 0 bridgehead atoms. The predicted molar refractivity (Wildman–Crippen MR) is 64.2 cm³/mol. The summed E-state index contributed by atoms with van der Waals surface area (Å²) >= 11 is 0. The molecule has 1 heterocycles. The molecule has 0 spiro atoms. The molecule has 86 valence electrons. The van der Waals surface area contributed by atoms with Crippen LogP contribution in [0.1, 0.15) is 5.56 Å². The maximum atomic E-state index is 5.53. The minimum atomic E-state index is 0.644. The molecule has 0 aliphatic carbocycles. The van der Waals surface area contributed by atoms with Gasteiger partial charge in [0.15, 0.2) is 11.5 Å². The molecule has 2 rings (SSSR count). The number of hydrogen-bond acceptors (Lipinski definition) is 3. The van der Waals surface area contributed by atoms with E-state index in [4.69, 9.17) is 9.47 Å². The van der Waals surface area contributed by atoms with Gasteiger partial charge in [-0.15, -0.1) is 6.58 Å². The average Bonchev–Trinajstić information content (AvgIpc) is 2.34. The fourth-order valence-corrected chi connectivity index (χ4v) is 1.68. The number of ether oxygens (including phenoxy) is 2. The highest BCUT2D eigenvalue weighted by Gasteiger charge is 2.11. The third-order valence-corrected chi connectivity index (χ3v) is 2.49. The zero-order valence-corrected chi connectivity index (χ0v) is 9.37. The second-order valence-corrected chi connectivity index (χ2v) is 3.72. The van der Waals surface area contributed by atoms with Crippen molar-refractivity contribution in [3.05, 3.63) is 36.4 Å². The summed E-state index contributed by atoms with van der Waals surface area (Å²) < 4.78 is 11.0. The molecule has 16 heavy (non-hydrogen) atoms. The van der Waals surface area contributed by atoms with Gasteiger partial charge in [-0.3, -0.25) is 0 Å². The molecule has 0 saturated heterocycles. The van der Waals surface area contributed by atoms with E-state index in [0.717, 1.165) is 31.0 Å². The van der Waals surface area contributed by atoms with Crippen molar-refractivity contribution in [3.63, 3.8) is 0 Å². The van der Waals surface area contributed by atoms with Crippen molar-refractivity contribution in [3.8, 4) is 11.5 Å². The maximum absolute atomic E-state index is 5.53. The van der Waals surface area contributed by atoms with E-state index in [1.165, 1.54) is 5.56 Å². The maximum Gasteiger partial charge on any atom is 0.161 e. The molecule has 1 aliphatic heterocycles. The lowest BCUT2D eigenvalue weighted by Gasteiger charge is -2.18. The smallest absolute Gasteiger partial charge is 0.161 e. The van der Waals surface area contributed by atoms with Gasteiger partial charge in [0.25, 0.3) is 0 Å². The standard InChI is InChI=1S/C13H17NO2/c1-2-6-14-7-5-11-3-4-12-13(10-11)16-9-8-15-12/h2-4,10,14H,1,5-9H2. The van der Waals surface area contributed by atoms with Gasteiger partial charge in [-0.1, -0.05) is 12.1 Å². The van der Waals surface area contributed by atoms with Crippen LogP contribution in [-0.2, 0) is 6.42 Å². The molecule has 1 N–H and O–H groups in total. The molecule has 1 aliphatic rings. The summed E-state index contributed by atoms with van der Waals surface area (Å²) in [5.41, 5.74) is 1.26. The van der Waals surface area contributed by atoms with Crippen LogP contribution >= 0.6 is 0 Å². The second-order valence-electron chi connectivity index (χ2n) is 3.72. The van der Waals surface area contributed by atoms with E-state index in [0.29, 0.717) is 13.2 Å². The SMILES string of the molecule is C=CCNCCc1ccc2c(c1)OCCO2. The fourth-order valence-electron chi connectivity index (χ4n) is 1.68. The minimum Gasteiger partial charge on any atom is -0.486 e. The first-order valence-corrected chi connectivity index (χ1v) is 5.60. The lowest BCUT2D eigenvalue weighted by Crippen LogP contribution is -2.18. The quantitative estimate of drug-likeness (QED) is 0.605. The zero-order chi connectivity index (χ0) is 11.2. The van der Waals surface area contributed by atoms with Crippen LogP contribution in [0.3, 0.4) is 0 Å². The van der Waals surface area contributed by atoms with Crippen molar-refractivity contribution in [1.82, 2.24) is 5.32 Å². The normalized spacial score (nSPS) is 13.5. The summed E-state index contributed by atoms with van der Waals surface area (Å²) in [6, 6.07) is 6.13. The van der Waals surface area contributed by atoms with E-state index in [1.54, 1.807) is 0 Å². The van der Waals surface area contributed by atoms with Crippen molar-refractivity contribution >= 4 is 0 Å². The topological polar surface area (TPSA) is 30.5 Å². The third-order valence-electron chi connectivity index (χ3n) is 2.49. The third kappa shape index (κ3) is 2.76. The number of hydrogen-bond donors (Lipinski definition) is 1. The van der Waals surface area contributed by atoms with Crippen molar-refractivity contribution in [2.75, 3.05) is 26.3 Å². The highest BCUT2D eigenvalue weighted by molar-refractivity contribution is 5.43. The van der Waals surface area contributed by atoms with Gasteiger partial charge in [0.05, 0.1) is 0 Å². The Bertz CT molecular complexity index is 363. The van der Waals surface area contributed by atoms with Crippen LogP contribution in [0.2, 0.25) is 0 Å². The summed E-state index contributed by atoms with van der Waals surface area (Å²) in [6.07, 6.45) is 2.86. The zero-order valence-electron chi connectivity index (χ0n) is 9.37. The Labute approximate surface area is 96.1 Å². The van der Waals surface area contributed by atoms with Gasteiger partial charge in [0.1, 0.15) is 13.2 Å². The molecular weight excluding hydrogens is 202 g/mol. The Morgan fingerprint density at radius 2 is 2.06 bits per heavy atom. The Morgan fingerprint density at radius 3 is 2.88 bits per heavy atom. The van der Waals surface area contributed by atoms with Crippen molar-refractivity contribution < 1.29 is 9.47 Å². The molecular formula is C13H17NO2. The van der Waals surface area contributed by atoms with Crippen molar-refractivity contribution in [2.45, 2.75) is 6.42 Å². The first-order valence-electron chi connectivity index (χ1n) is 5.60. The number of fused-ring (bicyclic) bond motifs is 1. The number of benzene rings is 1. The highest BCUT2D eigenvalue weighted by atomic mass is 16.6. The molecule has 0 atom stereocenters. The Morgan fingerprint density at radius 1 is 1.25 bits per heavy atom. The predicted octanol–water partition coefficient (Wildman–Crippen LogP) is 1.78. The van der Waals surface area contributed by atoms with E-state index in [2.05, 4.69) is 24.0 Å². The lowest BCUT2D eigenvalue weighted by atomic mass is 10.1. The van der Waals surface area contributed by atoms with Gasteiger partial charge in [0, 0.05) is 6.54 Å². The molecule has 1 aromatic rings. The van der Waals surface area contributed by atoms with Gasteiger partial charge in [-0.25, -0.2) is 0 Å². The van der Waals surface area contributed by atoms with E-state index >= 15 is 0 Å². The number of rotatable bonds is 5. The van der Waals surface area contributed by atoms with E-state index in [-0.39, 0.29) is 0 Å². The Balaban J connectivity index is 1.92. The van der Waals surface area contributed by atoms with Crippen LogP contribution in [0, 0.1) is 0 Å². The van der Waals surface area contributed by atoms with Crippen LogP contribution in [0.4, 0.5) is 0 Å². The summed E-state index contributed by atoms with van der Waals surface area (Å²) in [4.78, 5) is 0. The molecule has 3 nitrogen and oxygen atoms in total. The first-order chi connectivity index (χ1) is 7.90. The molecule has 0 aromatic heterocycles. The largest absolute Gasteiger partial charge is 0.486 e. The van der Waals surface area contributed by atoms with Crippen LogP contribution in [-0.4, -0.2) is 26.3 Å². The van der Waals surface area contributed by atoms with Crippen molar-refractivity contribution in [1.29, 1.82) is 0 Å². The van der Waals surface area contributed by atoms with E-state index < -0.39 is 0 Å². The first kappa shape index (κ1) is 11.0. The average molecular weight is 219 g/mol. The Hall–Kier alpha value is -1.48. The summed E-state index contributed by atoms with van der Waals surface area (Å²) in [5.74, 6) is 1.72. The van der Waals surface area contributed by atoms with E-state index in [9.17, 15) is 0 Å². The van der Waals surface area contributed by atoms with Crippen molar-refractivity contribution in [2.24, 2.45) is 0 Å². The minimum absolute atomic E-state index is 0.644. The molecule has 1 aromatic carbocycles. The molecule has 3 heteroatoms. The van der Waals surface area contributed by atoms with Gasteiger partial charge in [0.2, 0.25) is 0 Å². The molecule has 0 fully saturated rings. The molecule has 0 saturated carbocycles. The highest BCUT2D eigenvalue weighted by Crippen LogP contribution is 2.30. The molecule has 0 radical (unpaired) electrons. The summed E-state index contributed by atoms with van der Waals surface area (Å²) in [7, 11) is 0. The van der Waals surface area contributed by atoms with Gasteiger partial charge in [-0.05, 0) is 30.7 Å². The molecule has 0 unspecified atom stereocenters. The van der Waals surface area contributed by atoms with Crippen LogP contribution < -0.4 is 14.8 Å². The Kier molecular flexibility index (Phi) is 3.83. The second kappa shape index (κ2) is 5.56. The van der Waals surface area contributed by atoms with Gasteiger partial charge >= 0.3 is 0 Å². The lowest BCUT2D eigenvalue weighted by molar-refractivity contribution is 0.171. The van der Waals surface area contributed by atoms with Gasteiger partial charge < -0.3 is 14.8 Å². The molecule has 0 amide bonds. The fraction of sp³-hybridized carbons (Fsp3) is 0.385. The van der Waals surface area contributed by atoms with Crippen LogP contribution in [0.15, 0.2) is 30.9 Å². The van der Waals surface area contributed by atoms with Crippen LogP contribution in [0.25, 0.3) is 0 Å². The van der Waals surface area contributed by atoms with Crippen LogP contribution in [0.5, 0.6) is 11.5 Å². The number of nitrogens with one attached hydrogen (secondary N) is 1. The van der Waals surface area contributed by atoms with Gasteiger partial charge in [-0.2, -0.15) is 0 Å². The van der Waals surface area contributed by atoms with E-state index in [1.807, 2.05) is 12.1 Å².